The third kappa shape index (κ3) is 5.37. The minimum absolute atomic E-state index is 0.402. The van der Waals surface area contributed by atoms with Gasteiger partial charge in [0.1, 0.15) is 0 Å². The normalized spacial score (nSPS) is 10.4. The van der Waals surface area contributed by atoms with Crippen LogP contribution in [-0.4, -0.2) is 35.4 Å². The maximum absolute atomic E-state index is 11.4. The highest BCUT2D eigenvalue weighted by Crippen LogP contribution is 2.28. The van der Waals surface area contributed by atoms with Crippen molar-refractivity contribution in [2.75, 3.05) is 29.6 Å². The topological polar surface area (TPSA) is 49.3 Å². The number of carboxylic acids is 1. The highest BCUT2D eigenvalue weighted by Gasteiger charge is 2.14. The molecule has 0 aliphatic carbocycles. The van der Waals surface area contributed by atoms with Crippen molar-refractivity contribution in [2.45, 2.75) is 24.7 Å². The fraction of sp³-hybridized carbons (Fsp3) is 0.500. The Morgan fingerprint density at radius 1 is 1.37 bits per heavy atom. The van der Waals surface area contributed by atoms with Gasteiger partial charge in [0.2, 0.25) is 0 Å². The third-order valence-corrected chi connectivity index (χ3v) is 4.27. The number of thioether (sulfide) groups is 2. The van der Waals surface area contributed by atoms with Crippen molar-refractivity contribution in [3.05, 3.63) is 23.8 Å². The van der Waals surface area contributed by atoms with Gasteiger partial charge < -0.3 is 10.4 Å². The first-order valence-electron chi connectivity index (χ1n) is 6.42. The summed E-state index contributed by atoms with van der Waals surface area (Å²) in [4.78, 5) is 12.2. The molecular formula is C14H21NO2S2. The van der Waals surface area contributed by atoms with Crippen LogP contribution in [0.5, 0.6) is 0 Å². The summed E-state index contributed by atoms with van der Waals surface area (Å²) in [6.07, 6.45) is 4.31. The van der Waals surface area contributed by atoms with Gasteiger partial charge in [0.05, 0.1) is 5.56 Å². The van der Waals surface area contributed by atoms with Crippen molar-refractivity contribution in [1.82, 2.24) is 0 Å². The summed E-state index contributed by atoms with van der Waals surface area (Å²) < 4.78 is 0. The second-order valence-corrected chi connectivity index (χ2v) is 6.34. The van der Waals surface area contributed by atoms with Gasteiger partial charge in [0.25, 0.3) is 0 Å². The van der Waals surface area contributed by atoms with E-state index in [-0.39, 0.29) is 0 Å². The second kappa shape index (κ2) is 9.15. The quantitative estimate of drug-likeness (QED) is 0.532. The number of hydrogen-bond donors (Lipinski definition) is 2. The average Bonchev–Trinajstić information content (AvgIpc) is 2.38. The van der Waals surface area contributed by atoms with Gasteiger partial charge in [-0.05, 0) is 42.7 Å². The number of hydrogen-bond acceptors (Lipinski definition) is 4. The minimum atomic E-state index is -0.858. The molecule has 0 aliphatic heterocycles. The Labute approximate surface area is 123 Å². The molecule has 0 amide bonds. The van der Waals surface area contributed by atoms with Crippen LogP contribution in [-0.2, 0) is 0 Å². The van der Waals surface area contributed by atoms with Gasteiger partial charge in [-0.15, -0.1) is 11.8 Å². The van der Waals surface area contributed by atoms with Crippen LogP contribution in [0, 0.1) is 0 Å². The highest BCUT2D eigenvalue weighted by molar-refractivity contribution is 7.99. The Bertz CT molecular complexity index is 410. The Kier molecular flexibility index (Phi) is 7.82. The smallest absolute Gasteiger partial charge is 0.338 e. The van der Waals surface area contributed by atoms with Crippen LogP contribution in [0.1, 0.15) is 30.1 Å². The maximum atomic E-state index is 11.4. The van der Waals surface area contributed by atoms with Gasteiger partial charge >= 0.3 is 5.97 Å². The molecule has 3 nitrogen and oxygen atoms in total. The van der Waals surface area contributed by atoms with E-state index in [1.807, 2.05) is 36.9 Å². The van der Waals surface area contributed by atoms with Crippen molar-refractivity contribution in [3.63, 3.8) is 0 Å². The van der Waals surface area contributed by atoms with Crippen LogP contribution in [0.3, 0.4) is 0 Å². The van der Waals surface area contributed by atoms with Gasteiger partial charge in [-0.1, -0.05) is 13.0 Å². The molecule has 2 N–H and O–H groups in total. The molecule has 1 rings (SSSR count). The summed E-state index contributed by atoms with van der Waals surface area (Å²) in [7, 11) is 0. The predicted octanol–water partition coefficient (Wildman–Crippen LogP) is 4.05. The molecule has 0 aromatic heterocycles. The number of carboxylic acid groups (broad SMARTS) is 1. The summed E-state index contributed by atoms with van der Waals surface area (Å²) in [5, 5.41) is 12.6. The summed E-state index contributed by atoms with van der Waals surface area (Å²) in [6.45, 7) is 2.85. The van der Waals surface area contributed by atoms with Crippen LogP contribution in [0.25, 0.3) is 0 Å². The Morgan fingerprint density at radius 2 is 2.16 bits per heavy atom. The fourth-order valence-electron chi connectivity index (χ4n) is 1.77. The average molecular weight is 299 g/mol. The lowest BCUT2D eigenvalue weighted by atomic mass is 10.1. The van der Waals surface area contributed by atoms with Crippen LogP contribution < -0.4 is 5.32 Å². The van der Waals surface area contributed by atoms with Crippen molar-refractivity contribution in [1.29, 1.82) is 0 Å². The third-order valence-electron chi connectivity index (χ3n) is 2.63. The van der Waals surface area contributed by atoms with E-state index < -0.39 is 5.97 Å². The van der Waals surface area contributed by atoms with Crippen molar-refractivity contribution in [3.8, 4) is 0 Å². The summed E-state index contributed by atoms with van der Waals surface area (Å²) in [5.41, 5.74) is 1.13. The number of aromatic carboxylic acids is 1. The fourth-order valence-corrected chi connectivity index (χ4v) is 3.09. The molecular weight excluding hydrogens is 278 g/mol. The Hall–Kier alpha value is -0.810. The lowest BCUT2D eigenvalue weighted by molar-refractivity contribution is 0.0694. The second-order valence-electron chi connectivity index (χ2n) is 4.04. The van der Waals surface area contributed by atoms with Crippen molar-refractivity contribution < 1.29 is 9.90 Å². The molecule has 19 heavy (non-hydrogen) atoms. The number of anilines is 1. The number of nitrogens with one attached hydrogen (secondary N) is 1. The molecule has 0 radical (unpaired) electrons. The van der Waals surface area contributed by atoms with E-state index >= 15 is 0 Å². The monoisotopic (exact) mass is 299 g/mol. The Morgan fingerprint density at radius 3 is 2.79 bits per heavy atom. The SMILES string of the molecule is CCSc1cccc(NCCCCSC)c1C(=O)O. The Balaban J connectivity index is 2.70. The lowest BCUT2D eigenvalue weighted by Crippen LogP contribution is -2.09. The molecule has 0 saturated heterocycles. The molecule has 106 valence electrons. The summed E-state index contributed by atoms with van der Waals surface area (Å²) in [5.74, 6) is 1.17. The first-order valence-corrected chi connectivity index (χ1v) is 8.80. The lowest BCUT2D eigenvalue weighted by Gasteiger charge is -2.12. The summed E-state index contributed by atoms with van der Waals surface area (Å²) in [6, 6.07) is 5.63. The van der Waals surface area contributed by atoms with Crippen molar-refractivity contribution in [2.24, 2.45) is 0 Å². The highest BCUT2D eigenvalue weighted by atomic mass is 32.2. The molecule has 0 saturated carbocycles. The van der Waals surface area contributed by atoms with Crippen LogP contribution in [0.15, 0.2) is 23.1 Å². The van der Waals surface area contributed by atoms with E-state index in [0.29, 0.717) is 5.56 Å². The van der Waals surface area contributed by atoms with Gasteiger partial charge in [-0.25, -0.2) is 4.79 Å². The van der Waals surface area contributed by atoms with Crippen LogP contribution in [0.4, 0.5) is 5.69 Å². The zero-order valence-corrected chi connectivity index (χ0v) is 13.1. The molecule has 0 unspecified atom stereocenters. The van der Waals surface area contributed by atoms with E-state index in [4.69, 9.17) is 0 Å². The van der Waals surface area contributed by atoms with Gasteiger partial charge in [-0.3, -0.25) is 0 Å². The molecule has 0 bridgehead atoms. The van der Waals surface area contributed by atoms with Gasteiger partial charge in [0, 0.05) is 17.1 Å². The van der Waals surface area contributed by atoms with E-state index in [0.717, 1.165) is 41.5 Å². The van der Waals surface area contributed by atoms with Crippen LogP contribution >= 0.6 is 23.5 Å². The first kappa shape index (κ1) is 16.2. The van der Waals surface area contributed by atoms with E-state index in [9.17, 15) is 9.90 Å². The van der Waals surface area contributed by atoms with E-state index in [1.165, 1.54) is 0 Å². The van der Waals surface area contributed by atoms with Gasteiger partial charge in [-0.2, -0.15) is 11.8 Å². The van der Waals surface area contributed by atoms with E-state index in [2.05, 4.69) is 11.6 Å². The largest absolute Gasteiger partial charge is 0.478 e. The van der Waals surface area contributed by atoms with Gasteiger partial charge in [0.15, 0.2) is 0 Å². The molecule has 0 heterocycles. The predicted molar refractivity (Wildman–Crippen MR) is 85.9 cm³/mol. The van der Waals surface area contributed by atoms with E-state index in [1.54, 1.807) is 11.8 Å². The van der Waals surface area contributed by atoms with Crippen LogP contribution in [0.2, 0.25) is 0 Å². The number of unbranched alkanes of at least 4 members (excludes halogenated alkanes) is 1. The van der Waals surface area contributed by atoms with Crippen molar-refractivity contribution >= 4 is 35.2 Å². The first-order chi connectivity index (χ1) is 9.20. The maximum Gasteiger partial charge on any atom is 0.338 e. The molecule has 0 fully saturated rings. The number of benzene rings is 1. The molecule has 1 aromatic carbocycles. The standard InChI is InChI=1S/C14H21NO2S2/c1-3-19-12-8-6-7-11(13(12)14(16)17)15-9-4-5-10-18-2/h6-8,15H,3-5,9-10H2,1-2H3,(H,16,17). The zero-order chi connectivity index (χ0) is 14.1. The summed E-state index contributed by atoms with van der Waals surface area (Å²) >= 11 is 3.41. The number of carbonyl (C=O) groups is 1. The molecule has 1 aromatic rings. The molecule has 0 aliphatic rings. The molecule has 0 spiro atoms. The molecule has 5 heteroatoms. The number of rotatable bonds is 9. The molecule has 0 atom stereocenters. The zero-order valence-electron chi connectivity index (χ0n) is 11.4. The minimum Gasteiger partial charge on any atom is -0.478 e.